The van der Waals surface area contributed by atoms with Crippen molar-refractivity contribution in [2.45, 2.75) is 0 Å². The molecule has 0 aliphatic carbocycles. The number of aromatic nitrogens is 4. The van der Waals surface area contributed by atoms with Gasteiger partial charge in [0.15, 0.2) is 15.4 Å². The molecule has 0 aliphatic rings. The molecule has 3 heterocycles. The van der Waals surface area contributed by atoms with Gasteiger partial charge in [0.1, 0.15) is 10.5 Å². The summed E-state index contributed by atoms with van der Waals surface area (Å²) in [5.41, 5.74) is 8.63. The molecule has 7 heteroatoms. The molecule has 0 unspecified atom stereocenters. The Bertz CT molecular complexity index is 1040. The van der Waals surface area contributed by atoms with Gasteiger partial charge in [-0.05, 0) is 36.5 Å². The summed E-state index contributed by atoms with van der Waals surface area (Å²) in [5, 5.41) is 0. The van der Waals surface area contributed by atoms with Gasteiger partial charge < -0.3 is 5.73 Å². The van der Waals surface area contributed by atoms with E-state index in [9.17, 15) is 0 Å². The Morgan fingerprint density at radius 1 is 1.04 bits per heavy atom. The van der Waals surface area contributed by atoms with Crippen molar-refractivity contribution in [1.29, 1.82) is 0 Å². The number of hydrogen-bond donors (Lipinski definition) is 1. The smallest absolute Gasteiger partial charge is 0.168 e. The second kappa shape index (κ2) is 5.53. The third-order valence-electron chi connectivity index (χ3n) is 3.39. The van der Waals surface area contributed by atoms with E-state index < -0.39 is 0 Å². The monoisotopic (exact) mass is 337 g/mol. The number of benzene rings is 1. The van der Waals surface area contributed by atoms with Gasteiger partial charge in [-0.15, -0.1) is 0 Å². The number of rotatable bonds is 2. The Morgan fingerprint density at radius 2 is 1.87 bits per heavy atom. The van der Waals surface area contributed by atoms with Gasteiger partial charge in [0.05, 0.1) is 0 Å². The summed E-state index contributed by atoms with van der Waals surface area (Å²) in [6, 6.07) is 13.6. The first-order chi connectivity index (χ1) is 11.2. The molecule has 0 aliphatic heterocycles. The largest absolute Gasteiger partial charge is 0.382 e. The van der Waals surface area contributed by atoms with E-state index in [1.54, 1.807) is 12.4 Å². The zero-order valence-electron chi connectivity index (χ0n) is 11.9. The minimum absolute atomic E-state index is 0.430. The molecular weight excluding hydrogens is 326 g/mol. The summed E-state index contributed by atoms with van der Waals surface area (Å²) in [5.74, 6) is 0.972. The van der Waals surface area contributed by atoms with Crippen LogP contribution in [0.3, 0.4) is 0 Å². The van der Waals surface area contributed by atoms with Crippen LogP contribution < -0.4 is 5.73 Å². The van der Waals surface area contributed by atoms with Crippen LogP contribution in [-0.4, -0.2) is 19.5 Å². The summed E-state index contributed by atoms with van der Waals surface area (Å²) in [6.07, 6.45) is 3.43. The van der Waals surface area contributed by atoms with E-state index in [0.29, 0.717) is 15.6 Å². The molecule has 4 rings (SSSR count). The lowest BCUT2D eigenvalue weighted by Crippen LogP contribution is -2.00. The maximum atomic E-state index is 6.13. The second-order valence-corrected chi connectivity index (χ2v) is 6.51. The third kappa shape index (κ3) is 2.39. The average molecular weight is 337 g/mol. The predicted octanol–water partition coefficient (Wildman–Crippen LogP) is 3.86. The molecule has 0 fully saturated rings. The van der Waals surface area contributed by atoms with Crippen LogP contribution in [-0.2, 0) is 0 Å². The van der Waals surface area contributed by atoms with Crippen molar-refractivity contribution in [2.75, 3.05) is 5.73 Å². The van der Waals surface area contributed by atoms with Crippen molar-refractivity contribution in [2.24, 2.45) is 0 Å². The highest BCUT2D eigenvalue weighted by Gasteiger charge is 2.14. The summed E-state index contributed by atoms with van der Waals surface area (Å²) in [6.45, 7) is 0. The zero-order valence-corrected chi connectivity index (χ0v) is 13.5. The van der Waals surface area contributed by atoms with Crippen LogP contribution in [0.1, 0.15) is 0 Å². The fourth-order valence-corrected chi connectivity index (χ4v) is 3.63. The molecule has 112 valence electrons. The normalized spacial score (nSPS) is 11.0. The predicted molar refractivity (Wildman–Crippen MR) is 95.2 cm³/mol. The Balaban J connectivity index is 2.04. The van der Waals surface area contributed by atoms with Gasteiger partial charge in [-0.1, -0.05) is 29.5 Å². The lowest BCUT2D eigenvalue weighted by Gasteiger charge is -2.06. The lowest BCUT2D eigenvalue weighted by molar-refractivity contribution is 1.07. The van der Waals surface area contributed by atoms with Crippen molar-refractivity contribution < 1.29 is 0 Å². The molecule has 0 saturated heterocycles. The molecule has 0 amide bonds. The zero-order chi connectivity index (χ0) is 15.8. The first kappa shape index (κ1) is 14.0. The van der Waals surface area contributed by atoms with Gasteiger partial charge in [0, 0.05) is 23.6 Å². The highest BCUT2D eigenvalue weighted by molar-refractivity contribution is 7.73. The first-order valence-corrected chi connectivity index (χ1v) is 8.11. The Morgan fingerprint density at radius 3 is 2.61 bits per heavy atom. The van der Waals surface area contributed by atoms with Gasteiger partial charge in [0.2, 0.25) is 0 Å². The lowest BCUT2D eigenvalue weighted by atomic mass is 10.2. The maximum Gasteiger partial charge on any atom is 0.168 e. The van der Waals surface area contributed by atoms with E-state index in [2.05, 4.69) is 15.0 Å². The van der Waals surface area contributed by atoms with E-state index in [1.807, 2.05) is 47.0 Å². The van der Waals surface area contributed by atoms with Gasteiger partial charge in [-0.3, -0.25) is 9.55 Å². The molecule has 1 aromatic carbocycles. The summed E-state index contributed by atoms with van der Waals surface area (Å²) >= 11 is 6.92. The molecular formula is C16H11N5S2. The second-order valence-electron chi connectivity index (χ2n) is 4.87. The van der Waals surface area contributed by atoms with Crippen molar-refractivity contribution in [3.63, 3.8) is 0 Å². The van der Waals surface area contributed by atoms with Crippen LogP contribution in [0.15, 0.2) is 54.9 Å². The molecule has 5 nitrogen and oxygen atoms in total. The van der Waals surface area contributed by atoms with Crippen molar-refractivity contribution in [1.82, 2.24) is 19.5 Å². The number of hydrogen-bond acceptors (Lipinski definition) is 6. The number of pyridine rings is 1. The minimum atomic E-state index is 0.430. The van der Waals surface area contributed by atoms with E-state index in [0.717, 1.165) is 21.6 Å². The van der Waals surface area contributed by atoms with Crippen LogP contribution in [0.25, 0.3) is 27.4 Å². The van der Waals surface area contributed by atoms with Gasteiger partial charge in [-0.2, -0.15) is 0 Å². The molecule has 2 N–H and O–H groups in total. The van der Waals surface area contributed by atoms with E-state index in [1.165, 1.54) is 11.3 Å². The molecule has 0 atom stereocenters. The van der Waals surface area contributed by atoms with Crippen molar-refractivity contribution in [3.05, 3.63) is 58.8 Å². The fourth-order valence-electron chi connectivity index (χ4n) is 2.35. The topological polar surface area (TPSA) is 69.6 Å². The van der Waals surface area contributed by atoms with E-state index in [4.69, 9.17) is 18.0 Å². The number of anilines is 1. The first-order valence-electron chi connectivity index (χ1n) is 6.89. The van der Waals surface area contributed by atoms with E-state index >= 15 is 0 Å². The van der Waals surface area contributed by atoms with Crippen LogP contribution in [0.5, 0.6) is 0 Å². The number of para-hydroxylation sites is 1. The number of thiazole rings is 1. The summed E-state index contributed by atoms with van der Waals surface area (Å²) in [7, 11) is 0. The Kier molecular flexibility index (Phi) is 3.36. The number of nitrogens with zero attached hydrogens (tertiary/aromatic N) is 4. The average Bonchev–Trinajstić information content (AvgIpc) is 2.93. The van der Waals surface area contributed by atoms with Crippen molar-refractivity contribution >= 4 is 39.7 Å². The number of nitrogens with two attached hydrogens (primary N) is 1. The highest BCUT2D eigenvalue weighted by Crippen LogP contribution is 2.30. The molecule has 4 aromatic rings. The van der Waals surface area contributed by atoms with Crippen LogP contribution in [0, 0.1) is 3.95 Å². The Hall–Kier alpha value is -2.64. The summed E-state index contributed by atoms with van der Waals surface area (Å²) in [4.78, 5) is 13.2. The van der Waals surface area contributed by atoms with Gasteiger partial charge in [0.25, 0.3) is 0 Å². The van der Waals surface area contributed by atoms with E-state index in [-0.39, 0.29) is 0 Å². The SMILES string of the molecule is Nc1nc(-c2cccnc2)nc2c1sc(=S)n2-c1ccccc1. The van der Waals surface area contributed by atoms with Crippen LogP contribution in [0.2, 0.25) is 0 Å². The number of fused-ring (bicyclic) bond motifs is 1. The molecule has 0 saturated carbocycles. The summed E-state index contributed by atoms with van der Waals surface area (Å²) < 4.78 is 3.41. The molecule has 0 bridgehead atoms. The maximum absolute atomic E-state index is 6.13. The molecule has 0 spiro atoms. The third-order valence-corrected chi connectivity index (χ3v) is 4.78. The molecule has 0 radical (unpaired) electrons. The number of nitrogen functional groups attached to an aromatic ring is 1. The van der Waals surface area contributed by atoms with Gasteiger partial charge in [-0.25, -0.2) is 9.97 Å². The quantitative estimate of drug-likeness (QED) is 0.563. The fraction of sp³-hybridized carbons (Fsp3) is 0. The highest BCUT2D eigenvalue weighted by atomic mass is 32.1. The Labute approximate surface area is 141 Å². The van der Waals surface area contributed by atoms with Crippen molar-refractivity contribution in [3.8, 4) is 17.1 Å². The molecule has 23 heavy (non-hydrogen) atoms. The molecule has 3 aromatic heterocycles. The minimum Gasteiger partial charge on any atom is -0.382 e. The standard InChI is InChI=1S/C16H11N5S2/c17-13-12-15(20-14(19-13)10-5-4-8-18-9-10)21(16(22)23-12)11-6-2-1-3-7-11/h1-9H,(H2,17,19,20). The van der Waals surface area contributed by atoms with Crippen LogP contribution >= 0.6 is 23.6 Å². The van der Waals surface area contributed by atoms with Crippen LogP contribution in [0.4, 0.5) is 5.82 Å². The van der Waals surface area contributed by atoms with Gasteiger partial charge >= 0.3 is 0 Å².